The van der Waals surface area contributed by atoms with Gasteiger partial charge in [0, 0.05) is 0 Å². The van der Waals surface area contributed by atoms with E-state index >= 15 is 0 Å². The lowest BCUT2D eigenvalue weighted by Crippen LogP contribution is -2.34. The molecule has 1 heterocycles. The van der Waals surface area contributed by atoms with Crippen molar-refractivity contribution in [2.75, 3.05) is 26.9 Å². The van der Waals surface area contributed by atoms with E-state index in [0.29, 0.717) is 26.2 Å². The van der Waals surface area contributed by atoms with E-state index in [-0.39, 0.29) is 18.0 Å². The fourth-order valence-corrected chi connectivity index (χ4v) is 1.31. The van der Waals surface area contributed by atoms with Gasteiger partial charge in [0.2, 0.25) is 0 Å². The van der Waals surface area contributed by atoms with E-state index in [1.54, 1.807) is 0 Å². The number of carbonyl (C=O) groups excluding carboxylic acids is 1. The summed E-state index contributed by atoms with van der Waals surface area (Å²) in [5.41, 5.74) is 0. The van der Waals surface area contributed by atoms with Crippen molar-refractivity contribution in [1.82, 2.24) is 0 Å². The highest BCUT2D eigenvalue weighted by molar-refractivity contribution is 5.69. The molecule has 0 spiro atoms. The second-order valence-corrected chi connectivity index (χ2v) is 3.24. The second kappa shape index (κ2) is 5.19. The van der Waals surface area contributed by atoms with Gasteiger partial charge in [-0.05, 0) is 5.92 Å². The lowest BCUT2D eigenvalue weighted by Gasteiger charge is -2.27. The predicted molar refractivity (Wildman–Crippen MR) is 46.4 cm³/mol. The first-order valence-corrected chi connectivity index (χ1v) is 4.50. The van der Waals surface area contributed by atoms with Crippen LogP contribution in [0, 0.1) is 5.92 Å². The van der Waals surface area contributed by atoms with Crippen LogP contribution in [0.2, 0.25) is 0 Å². The standard InChI is InChI=1S/C9H16O4/c1-7(5-9(10)11-2)8-6-12-3-4-13-8/h7-8H,3-6H2,1-2H3. The first-order valence-electron chi connectivity index (χ1n) is 4.50. The van der Waals surface area contributed by atoms with Crippen LogP contribution in [0.1, 0.15) is 13.3 Å². The topological polar surface area (TPSA) is 44.8 Å². The molecule has 0 saturated carbocycles. The molecule has 0 radical (unpaired) electrons. The van der Waals surface area contributed by atoms with Crippen molar-refractivity contribution >= 4 is 5.97 Å². The molecule has 1 fully saturated rings. The van der Waals surface area contributed by atoms with Gasteiger partial charge >= 0.3 is 5.97 Å². The predicted octanol–water partition coefficient (Wildman–Crippen LogP) is 0.601. The van der Waals surface area contributed by atoms with Crippen molar-refractivity contribution < 1.29 is 19.0 Å². The molecule has 1 aliphatic rings. The Bertz CT molecular complexity index is 163. The van der Waals surface area contributed by atoms with Gasteiger partial charge in [0.15, 0.2) is 0 Å². The fourth-order valence-electron chi connectivity index (χ4n) is 1.31. The van der Waals surface area contributed by atoms with Crippen LogP contribution >= 0.6 is 0 Å². The molecule has 0 aromatic carbocycles. The molecule has 0 N–H and O–H groups in total. The minimum atomic E-state index is -0.193. The Morgan fingerprint density at radius 1 is 1.62 bits per heavy atom. The Labute approximate surface area is 78.2 Å². The molecule has 76 valence electrons. The molecule has 4 heteroatoms. The zero-order valence-corrected chi connectivity index (χ0v) is 8.12. The van der Waals surface area contributed by atoms with Crippen molar-refractivity contribution in [2.24, 2.45) is 5.92 Å². The van der Waals surface area contributed by atoms with Crippen LogP contribution < -0.4 is 0 Å². The van der Waals surface area contributed by atoms with E-state index in [2.05, 4.69) is 4.74 Å². The largest absolute Gasteiger partial charge is 0.469 e. The van der Waals surface area contributed by atoms with Crippen molar-refractivity contribution in [3.63, 3.8) is 0 Å². The van der Waals surface area contributed by atoms with Gasteiger partial charge in [0.05, 0.1) is 39.5 Å². The molecule has 0 aromatic heterocycles. The van der Waals surface area contributed by atoms with Crippen molar-refractivity contribution in [3.8, 4) is 0 Å². The van der Waals surface area contributed by atoms with Crippen LogP contribution in [-0.2, 0) is 19.0 Å². The van der Waals surface area contributed by atoms with Crippen LogP contribution in [0.4, 0.5) is 0 Å². The first-order chi connectivity index (χ1) is 6.24. The molecular formula is C9H16O4. The minimum Gasteiger partial charge on any atom is -0.469 e. The molecular weight excluding hydrogens is 172 g/mol. The molecule has 13 heavy (non-hydrogen) atoms. The minimum absolute atomic E-state index is 0.0350. The Hall–Kier alpha value is -0.610. The molecule has 4 nitrogen and oxygen atoms in total. The van der Waals surface area contributed by atoms with Gasteiger partial charge in [0.25, 0.3) is 0 Å². The van der Waals surface area contributed by atoms with E-state index in [4.69, 9.17) is 9.47 Å². The molecule has 1 rings (SSSR count). The summed E-state index contributed by atoms with van der Waals surface area (Å²) in [5, 5.41) is 0. The highest BCUT2D eigenvalue weighted by Gasteiger charge is 2.23. The number of hydrogen-bond donors (Lipinski definition) is 0. The van der Waals surface area contributed by atoms with Gasteiger partial charge in [-0.25, -0.2) is 0 Å². The molecule has 2 atom stereocenters. The second-order valence-electron chi connectivity index (χ2n) is 3.24. The van der Waals surface area contributed by atoms with Crippen LogP contribution in [0.5, 0.6) is 0 Å². The zero-order valence-electron chi connectivity index (χ0n) is 8.12. The SMILES string of the molecule is COC(=O)CC(C)C1COCCO1. The Morgan fingerprint density at radius 3 is 2.92 bits per heavy atom. The summed E-state index contributed by atoms with van der Waals surface area (Å²) in [6.45, 7) is 3.83. The van der Waals surface area contributed by atoms with E-state index < -0.39 is 0 Å². The van der Waals surface area contributed by atoms with Crippen molar-refractivity contribution in [2.45, 2.75) is 19.4 Å². The smallest absolute Gasteiger partial charge is 0.305 e. The maximum atomic E-state index is 10.9. The molecule has 2 unspecified atom stereocenters. The molecule has 0 bridgehead atoms. The number of hydrogen-bond acceptors (Lipinski definition) is 4. The van der Waals surface area contributed by atoms with Crippen LogP contribution in [0.3, 0.4) is 0 Å². The summed E-state index contributed by atoms with van der Waals surface area (Å²) in [4.78, 5) is 10.9. The normalized spacial score (nSPS) is 25.2. The van der Waals surface area contributed by atoms with Crippen molar-refractivity contribution in [1.29, 1.82) is 0 Å². The van der Waals surface area contributed by atoms with Gasteiger partial charge in [-0.2, -0.15) is 0 Å². The average molecular weight is 188 g/mol. The third-order valence-electron chi connectivity index (χ3n) is 2.19. The zero-order chi connectivity index (χ0) is 9.68. The van der Waals surface area contributed by atoms with E-state index in [1.807, 2.05) is 6.92 Å². The molecule has 0 amide bonds. The number of rotatable bonds is 3. The summed E-state index contributed by atoms with van der Waals surface area (Å²) in [6.07, 6.45) is 0.428. The van der Waals surface area contributed by atoms with Gasteiger partial charge in [-0.3, -0.25) is 4.79 Å². The number of methoxy groups -OCH3 is 1. The number of ether oxygens (including phenoxy) is 3. The highest BCUT2D eigenvalue weighted by Crippen LogP contribution is 2.15. The summed E-state index contributed by atoms with van der Waals surface area (Å²) in [7, 11) is 1.40. The van der Waals surface area contributed by atoms with E-state index in [1.165, 1.54) is 7.11 Å². The Kier molecular flexibility index (Phi) is 4.18. The average Bonchev–Trinajstić information content (AvgIpc) is 2.19. The summed E-state index contributed by atoms with van der Waals surface area (Å²) >= 11 is 0. The Morgan fingerprint density at radius 2 is 2.38 bits per heavy atom. The van der Waals surface area contributed by atoms with E-state index in [0.717, 1.165) is 0 Å². The highest BCUT2D eigenvalue weighted by atomic mass is 16.6. The van der Waals surface area contributed by atoms with E-state index in [9.17, 15) is 4.79 Å². The van der Waals surface area contributed by atoms with Gasteiger partial charge < -0.3 is 14.2 Å². The Balaban J connectivity index is 2.28. The molecule has 0 aliphatic carbocycles. The molecule has 0 aromatic rings. The third-order valence-corrected chi connectivity index (χ3v) is 2.19. The maximum absolute atomic E-state index is 10.9. The summed E-state index contributed by atoms with van der Waals surface area (Å²) in [6, 6.07) is 0. The molecule has 1 saturated heterocycles. The number of esters is 1. The van der Waals surface area contributed by atoms with Gasteiger partial charge in [-0.15, -0.1) is 0 Å². The quantitative estimate of drug-likeness (QED) is 0.608. The first kappa shape index (κ1) is 10.5. The lowest BCUT2D eigenvalue weighted by molar-refractivity contribution is -0.146. The monoisotopic (exact) mass is 188 g/mol. The maximum Gasteiger partial charge on any atom is 0.305 e. The van der Waals surface area contributed by atoms with Crippen LogP contribution in [0.15, 0.2) is 0 Å². The summed E-state index contributed by atoms with van der Waals surface area (Å²) in [5.74, 6) is -0.0329. The number of carbonyl (C=O) groups is 1. The fraction of sp³-hybridized carbons (Fsp3) is 0.889. The summed E-state index contributed by atoms with van der Waals surface area (Å²) < 4.78 is 15.3. The van der Waals surface area contributed by atoms with Crippen molar-refractivity contribution in [3.05, 3.63) is 0 Å². The third kappa shape index (κ3) is 3.32. The van der Waals surface area contributed by atoms with Crippen LogP contribution in [-0.4, -0.2) is 39.0 Å². The molecule has 1 aliphatic heterocycles. The van der Waals surface area contributed by atoms with Crippen LogP contribution in [0.25, 0.3) is 0 Å². The van der Waals surface area contributed by atoms with Gasteiger partial charge in [0.1, 0.15) is 0 Å². The lowest BCUT2D eigenvalue weighted by atomic mass is 10.0. The van der Waals surface area contributed by atoms with Gasteiger partial charge in [-0.1, -0.05) is 6.92 Å².